The largest absolute Gasteiger partial charge is 0.0807 e. The van der Waals surface area contributed by atoms with Crippen LogP contribution in [0.1, 0.15) is 25.7 Å². The first kappa shape index (κ1) is 4.37. The summed E-state index contributed by atoms with van der Waals surface area (Å²) in [6, 6.07) is 0. The molecule has 0 nitrogen and oxygen atoms in total. The van der Waals surface area contributed by atoms with Gasteiger partial charge in [-0.3, -0.25) is 0 Å². The maximum atomic E-state index is 2.35. The summed E-state index contributed by atoms with van der Waals surface area (Å²) in [7, 11) is 0. The van der Waals surface area contributed by atoms with Crippen LogP contribution in [0.3, 0.4) is 0 Å². The minimum atomic E-state index is 1.33. The fourth-order valence-electron chi connectivity index (χ4n) is 1.16. The predicted octanol–water partition coefficient (Wildman–Crippen LogP) is 2.43. The van der Waals surface area contributed by atoms with Gasteiger partial charge in [-0.05, 0) is 36.8 Å². The lowest BCUT2D eigenvalue weighted by Crippen LogP contribution is -2.03. The molecule has 2 rings (SSSR count). The SMILES string of the molecule is C1=C(C2=CCC2)CC1. The van der Waals surface area contributed by atoms with E-state index in [1.807, 2.05) is 0 Å². The number of allylic oxidation sites excluding steroid dienone is 4. The van der Waals surface area contributed by atoms with Gasteiger partial charge in [-0.25, -0.2) is 0 Å². The molecule has 0 radical (unpaired) electrons. The van der Waals surface area contributed by atoms with Crippen LogP contribution in [0.2, 0.25) is 0 Å². The molecule has 2 aliphatic rings. The number of hydrogen-bond acceptors (Lipinski definition) is 0. The molecule has 0 bridgehead atoms. The van der Waals surface area contributed by atoms with Crippen LogP contribution >= 0.6 is 0 Å². The van der Waals surface area contributed by atoms with E-state index < -0.39 is 0 Å². The summed E-state index contributed by atoms with van der Waals surface area (Å²) >= 11 is 0. The van der Waals surface area contributed by atoms with E-state index in [9.17, 15) is 0 Å². The van der Waals surface area contributed by atoms with Crippen LogP contribution in [0.15, 0.2) is 23.3 Å². The lowest BCUT2D eigenvalue weighted by Gasteiger charge is -2.22. The molecule has 0 aromatic heterocycles. The van der Waals surface area contributed by atoms with E-state index in [0.29, 0.717) is 0 Å². The van der Waals surface area contributed by atoms with Crippen molar-refractivity contribution in [2.75, 3.05) is 0 Å². The van der Waals surface area contributed by atoms with Crippen LogP contribution in [0.4, 0.5) is 0 Å². The van der Waals surface area contributed by atoms with Crippen molar-refractivity contribution >= 4 is 0 Å². The Morgan fingerprint density at radius 2 is 1.25 bits per heavy atom. The predicted molar refractivity (Wildman–Crippen MR) is 34.6 cm³/mol. The van der Waals surface area contributed by atoms with Crippen LogP contribution in [0.5, 0.6) is 0 Å². The molecular formula is C8H10. The Bertz CT molecular complexity index is 141. The van der Waals surface area contributed by atoms with Crippen molar-refractivity contribution < 1.29 is 0 Å². The molecule has 0 unspecified atom stereocenters. The van der Waals surface area contributed by atoms with Crippen molar-refractivity contribution in [1.82, 2.24) is 0 Å². The van der Waals surface area contributed by atoms with Gasteiger partial charge in [0.15, 0.2) is 0 Å². The minimum absolute atomic E-state index is 1.33. The van der Waals surface area contributed by atoms with Crippen molar-refractivity contribution in [1.29, 1.82) is 0 Å². The molecule has 42 valence electrons. The monoisotopic (exact) mass is 106 g/mol. The summed E-state index contributed by atoms with van der Waals surface area (Å²) in [6.45, 7) is 0. The van der Waals surface area contributed by atoms with Crippen LogP contribution in [0.25, 0.3) is 0 Å². The quantitative estimate of drug-likeness (QED) is 0.481. The van der Waals surface area contributed by atoms with Gasteiger partial charge in [0.2, 0.25) is 0 Å². The molecule has 0 amide bonds. The van der Waals surface area contributed by atoms with Crippen LogP contribution in [0, 0.1) is 0 Å². The maximum absolute atomic E-state index is 2.35. The molecular weight excluding hydrogens is 96.1 g/mol. The van der Waals surface area contributed by atoms with E-state index in [1.165, 1.54) is 25.7 Å². The van der Waals surface area contributed by atoms with E-state index >= 15 is 0 Å². The standard InChI is InChI=1S/C8H10/c1-3-7(4-1)8-5-2-6-8/h3,5H,1-2,4,6H2. The fourth-order valence-corrected chi connectivity index (χ4v) is 1.16. The normalized spacial score (nSPS) is 25.0. The molecule has 0 heterocycles. The highest BCUT2D eigenvalue weighted by molar-refractivity contribution is 5.39. The molecule has 0 fully saturated rings. The Hall–Kier alpha value is -0.520. The van der Waals surface area contributed by atoms with Crippen molar-refractivity contribution in [3.8, 4) is 0 Å². The third kappa shape index (κ3) is 0.459. The molecule has 0 atom stereocenters. The lowest BCUT2D eigenvalue weighted by molar-refractivity contribution is 0.796. The van der Waals surface area contributed by atoms with Gasteiger partial charge >= 0.3 is 0 Å². The molecule has 0 spiro atoms. The van der Waals surface area contributed by atoms with E-state index in [4.69, 9.17) is 0 Å². The van der Waals surface area contributed by atoms with E-state index in [-0.39, 0.29) is 0 Å². The van der Waals surface area contributed by atoms with Crippen LogP contribution < -0.4 is 0 Å². The third-order valence-corrected chi connectivity index (χ3v) is 2.02. The molecule has 0 saturated heterocycles. The molecule has 0 aliphatic heterocycles. The van der Waals surface area contributed by atoms with Crippen molar-refractivity contribution in [2.24, 2.45) is 0 Å². The van der Waals surface area contributed by atoms with E-state index in [2.05, 4.69) is 12.2 Å². The highest BCUT2D eigenvalue weighted by Gasteiger charge is 2.14. The van der Waals surface area contributed by atoms with E-state index in [0.717, 1.165) is 0 Å². The molecule has 0 N–H and O–H groups in total. The minimum Gasteiger partial charge on any atom is -0.0807 e. The average molecular weight is 106 g/mol. The number of rotatable bonds is 1. The second-order valence-electron chi connectivity index (χ2n) is 2.54. The summed E-state index contributed by atoms with van der Waals surface area (Å²) < 4.78 is 0. The Balaban J connectivity index is 2.16. The summed E-state index contributed by atoms with van der Waals surface area (Å²) in [5.74, 6) is 0. The highest BCUT2D eigenvalue weighted by atomic mass is 14.2. The van der Waals surface area contributed by atoms with Gasteiger partial charge in [0.1, 0.15) is 0 Å². The zero-order valence-electron chi connectivity index (χ0n) is 4.98. The second kappa shape index (κ2) is 1.48. The Labute approximate surface area is 49.9 Å². The smallest absolute Gasteiger partial charge is 0.0244 e. The second-order valence-corrected chi connectivity index (χ2v) is 2.54. The van der Waals surface area contributed by atoms with Crippen molar-refractivity contribution in [3.63, 3.8) is 0 Å². The van der Waals surface area contributed by atoms with Gasteiger partial charge in [-0.1, -0.05) is 12.2 Å². The van der Waals surface area contributed by atoms with Gasteiger partial charge in [-0.15, -0.1) is 0 Å². The topological polar surface area (TPSA) is 0 Å². The van der Waals surface area contributed by atoms with Crippen LogP contribution in [-0.2, 0) is 0 Å². The third-order valence-electron chi connectivity index (χ3n) is 2.02. The van der Waals surface area contributed by atoms with Gasteiger partial charge in [0, 0.05) is 0 Å². The first-order valence-electron chi connectivity index (χ1n) is 3.35. The first-order valence-corrected chi connectivity index (χ1v) is 3.35. The highest BCUT2D eigenvalue weighted by Crippen LogP contribution is 2.33. The van der Waals surface area contributed by atoms with Crippen LogP contribution in [-0.4, -0.2) is 0 Å². The van der Waals surface area contributed by atoms with Gasteiger partial charge < -0.3 is 0 Å². The summed E-state index contributed by atoms with van der Waals surface area (Å²) in [5, 5.41) is 0. The maximum Gasteiger partial charge on any atom is -0.0244 e. The summed E-state index contributed by atoms with van der Waals surface area (Å²) in [6.07, 6.45) is 10.1. The Morgan fingerprint density at radius 3 is 1.38 bits per heavy atom. The molecule has 0 heteroatoms. The lowest BCUT2D eigenvalue weighted by atomic mass is 9.84. The fraction of sp³-hybridized carbons (Fsp3) is 0.500. The number of hydrogen-bond donors (Lipinski definition) is 0. The first-order chi connectivity index (χ1) is 3.97. The molecule has 2 aliphatic carbocycles. The molecule has 0 aromatic rings. The van der Waals surface area contributed by atoms with E-state index in [1.54, 1.807) is 11.1 Å². The summed E-state index contributed by atoms with van der Waals surface area (Å²) in [5.41, 5.74) is 3.27. The molecule has 8 heavy (non-hydrogen) atoms. The molecule has 0 aromatic carbocycles. The zero-order valence-corrected chi connectivity index (χ0v) is 4.98. The van der Waals surface area contributed by atoms with Crippen molar-refractivity contribution in [2.45, 2.75) is 25.7 Å². The Morgan fingerprint density at radius 1 is 0.875 bits per heavy atom. The van der Waals surface area contributed by atoms with Gasteiger partial charge in [0.05, 0.1) is 0 Å². The molecule has 0 saturated carbocycles. The summed E-state index contributed by atoms with van der Waals surface area (Å²) in [4.78, 5) is 0. The zero-order chi connectivity index (χ0) is 5.40. The Kier molecular flexibility index (Phi) is 0.806. The van der Waals surface area contributed by atoms with Gasteiger partial charge in [-0.2, -0.15) is 0 Å². The average Bonchev–Trinajstić information content (AvgIpc) is 1.47. The van der Waals surface area contributed by atoms with Gasteiger partial charge in [0.25, 0.3) is 0 Å². The van der Waals surface area contributed by atoms with Crippen molar-refractivity contribution in [3.05, 3.63) is 23.3 Å².